The van der Waals surface area contributed by atoms with Crippen LogP contribution in [-0.2, 0) is 11.2 Å². The number of ether oxygens (including phenoxy) is 1. The van der Waals surface area contributed by atoms with E-state index in [1.807, 2.05) is 26.8 Å². The molecule has 0 fully saturated rings. The maximum absolute atomic E-state index is 11.0. The highest BCUT2D eigenvalue weighted by atomic mass is 35.5. The van der Waals surface area contributed by atoms with Gasteiger partial charge in [-0.3, -0.25) is 0 Å². The molecule has 0 saturated carbocycles. The van der Waals surface area contributed by atoms with Gasteiger partial charge in [0.2, 0.25) is 0 Å². The molecule has 2 nitrogen and oxygen atoms in total. The summed E-state index contributed by atoms with van der Waals surface area (Å²) in [6, 6.07) is 1.99. The predicted octanol–water partition coefficient (Wildman–Crippen LogP) is 4.27. The van der Waals surface area contributed by atoms with Crippen molar-refractivity contribution in [3.63, 3.8) is 0 Å². The van der Waals surface area contributed by atoms with Crippen LogP contribution < -0.4 is 4.74 Å². The second-order valence-corrected chi connectivity index (χ2v) is 4.98. The van der Waals surface area contributed by atoms with Gasteiger partial charge in [0.15, 0.2) is 0 Å². The molecule has 0 atom stereocenters. The zero-order chi connectivity index (χ0) is 13.7. The molecule has 18 heavy (non-hydrogen) atoms. The molecule has 0 N–H and O–H groups in total. The Morgan fingerprint density at radius 1 is 1.39 bits per heavy atom. The largest absolute Gasteiger partial charge is 0.494 e. The lowest BCUT2D eigenvalue weighted by molar-refractivity contribution is -0.117. The Labute approximate surface area is 114 Å². The third-order valence-electron chi connectivity index (χ3n) is 3.03. The summed E-state index contributed by atoms with van der Waals surface area (Å²) in [6.45, 7) is 8.23. The van der Waals surface area contributed by atoms with Crippen LogP contribution in [0.25, 0.3) is 0 Å². The van der Waals surface area contributed by atoms with Crippen LogP contribution in [0, 0.1) is 13.8 Å². The number of ketones is 1. The first-order valence-electron chi connectivity index (χ1n) is 6.38. The lowest BCUT2D eigenvalue weighted by atomic mass is 9.98. The third kappa shape index (κ3) is 3.74. The summed E-state index contributed by atoms with van der Waals surface area (Å²) in [5.74, 6) is 1.13. The molecule has 1 rings (SSSR count). The van der Waals surface area contributed by atoms with Crippen molar-refractivity contribution in [3.05, 3.63) is 27.8 Å². The minimum atomic E-state index is 0.226. The van der Waals surface area contributed by atoms with Crippen molar-refractivity contribution in [3.8, 4) is 5.75 Å². The molecule has 1 aromatic rings. The number of Topliss-reactive ketones (excluding diaryl/α,β-unsaturated/α-hetero) is 1. The standard InChI is InChI=1S/C15H21ClO2/c1-5-18-14-9-10(2)15(16)12(4)13(14)8-6-7-11(3)17/h9H,5-8H2,1-4H3. The van der Waals surface area contributed by atoms with Crippen molar-refractivity contribution in [1.29, 1.82) is 0 Å². The first-order chi connectivity index (χ1) is 8.47. The van der Waals surface area contributed by atoms with E-state index in [-0.39, 0.29) is 5.78 Å². The van der Waals surface area contributed by atoms with E-state index in [0.717, 1.165) is 40.3 Å². The van der Waals surface area contributed by atoms with Crippen LogP contribution in [0.15, 0.2) is 6.07 Å². The van der Waals surface area contributed by atoms with E-state index in [4.69, 9.17) is 16.3 Å². The van der Waals surface area contributed by atoms with Crippen LogP contribution in [0.1, 0.15) is 43.4 Å². The van der Waals surface area contributed by atoms with Crippen LogP contribution in [0.3, 0.4) is 0 Å². The minimum Gasteiger partial charge on any atom is -0.494 e. The van der Waals surface area contributed by atoms with Gasteiger partial charge in [0.25, 0.3) is 0 Å². The molecule has 100 valence electrons. The van der Waals surface area contributed by atoms with Crippen LogP contribution in [0.4, 0.5) is 0 Å². The van der Waals surface area contributed by atoms with E-state index in [2.05, 4.69) is 0 Å². The van der Waals surface area contributed by atoms with E-state index < -0.39 is 0 Å². The molecule has 0 bridgehead atoms. The molecule has 0 spiro atoms. The second kappa shape index (κ2) is 6.79. The third-order valence-corrected chi connectivity index (χ3v) is 3.61. The Morgan fingerprint density at radius 3 is 2.61 bits per heavy atom. The molecule has 0 saturated heterocycles. The highest BCUT2D eigenvalue weighted by Crippen LogP contribution is 2.32. The quantitative estimate of drug-likeness (QED) is 0.770. The molecule has 0 aromatic heterocycles. The molecular weight excluding hydrogens is 248 g/mol. The number of carbonyl (C=O) groups is 1. The van der Waals surface area contributed by atoms with Crippen molar-refractivity contribution >= 4 is 17.4 Å². The number of hydrogen-bond acceptors (Lipinski definition) is 2. The molecule has 0 aliphatic carbocycles. The number of carbonyl (C=O) groups excluding carboxylic acids is 1. The SMILES string of the molecule is CCOc1cc(C)c(Cl)c(C)c1CCCC(C)=O. The highest BCUT2D eigenvalue weighted by molar-refractivity contribution is 6.32. The van der Waals surface area contributed by atoms with Gasteiger partial charge in [-0.05, 0) is 63.3 Å². The Morgan fingerprint density at radius 2 is 2.06 bits per heavy atom. The van der Waals surface area contributed by atoms with Crippen molar-refractivity contribution < 1.29 is 9.53 Å². The number of rotatable bonds is 6. The van der Waals surface area contributed by atoms with Gasteiger partial charge in [-0.2, -0.15) is 0 Å². The second-order valence-electron chi connectivity index (χ2n) is 4.60. The molecular formula is C15H21ClO2. The van der Waals surface area contributed by atoms with Crippen molar-refractivity contribution in [2.75, 3.05) is 6.61 Å². The van der Waals surface area contributed by atoms with E-state index in [0.29, 0.717) is 13.0 Å². The Balaban J connectivity index is 2.98. The summed E-state index contributed by atoms with van der Waals surface area (Å²) in [5.41, 5.74) is 3.24. The highest BCUT2D eigenvalue weighted by Gasteiger charge is 2.13. The average molecular weight is 269 g/mol. The predicted molar refractivity (Wildman–Crippen MR) is 75.7 cm³/mol. The lowest BCUT2D eigenvalue weighted by Crippen LogP contribution is -2.02. The number of halogens is 1. The molecule has 0 unspecified atom stereocenters. The van der Waals surface area contributed by atoms with Crippen molar-refractivity contribution in [2.24, 2.45) is 0 Å². The molecule has 1 aromatic carbocycles. The molecule has 0 aliphatic heterocycles. The fourth-order valence-electron chi connectivity index (χ4n) is 2.07. The van der Waals surface area contributed by atoms with E-state index >= 15 is 0 Å². The normalized spacial score (nSPS) is 10.5. The van der Waals surface area contributed by atoms with Gasteiger partial charge >= 0.3 is 0 Å². The maximum atomic E-state index is 11.0. The molecule has 3 heteroatoms. The molecule has 0 radical (unpaired) electrons. The minimum absolute atomic E-state index is 0.226. The number of benzene rings is 1. The summed E-state index contributed by atoms with van der Waals surface area (Å²) in [7, 11) is 0. The van der Waals surface area contributed by atoms with E-state index in [9.17, 15) is 4.79 Å². The number of aryl methyl sites for hydroxylation is 1. The van der Waals surface area contributed by atoms with Gasteiger partial charge in [-0.25, -0.2) is 0 Å². The average Bonchev–Trinajstić information content (AvgIpc) is 2.30. The van der Waals surface area contributed by atoms with Crippen LogP contribution in [0.2, 0.25) is 5.02 Å². The molecule has 0 aliphatic rings. The Bertz CT molecular complexity index is 439. The van der Waals surface area contributed by atoms with Gasteiger partial charge in [0.1, 0.15) is 11.5 Å². The van der Waals surface area contributed by atoms with Gasteiger partial charge in [0, 0.05) is 11.4 Å². The smallest absolute Gasteiger partial charge is 0.129 e. The lowest BCUT2D eigenvalue weighted by Gasteiger charge is -2.16. The summed E-state index contributed by atoms with van der Waals surface area (Å²) < 4.78 is 5.67. The fourth-order valence-corrected chi connectivity index (χ4v) is 2.24. The molecule has 0 amide bonds. The van der Waals surface area contributed by atoms with E-state index in [1.165, 1.54) is 0 Å². The summed E-state index contributed by atoms with van der Waals surface area (Å²) in [5, 5.41) is 0.802. The van der Waals surface area contributed by atoms with Crippen LogP contribution in [-0.4, -0.2) is 12.4 Å². The molecule has 0 heterocycles. The Kier molecular flexibility index (Phi) is 5.67. The van der Waals surface area contributed by atoms with Gasteiger partial charge in [-0.15, -0.1) is 0 Å². The first-order valence-corrected chi connectivity index (χ1v) is 6.76. The Hall–Kier alpha value is -1.02. The summed E-state index contributed by atoms with van der Waals surface area (Å²) in [6.07, 6.45) is 2.28. The maximum Gasteiger partial charge on any atom is 0.129 e. The fraction of sp³-hybridized carbons (Fsp3) is 0.533. The number of hydrogen-bond donors (Lipinski definition) is 0. The van der Waals surface area contributed by atoms with E-state index in [1.54, 1.807) is 6.92 Å². The first kappa shape index (κ1) is 15.0. The summed E-state index contributed by atoms with van der Waals surface area (Å²) in [4.78, 5) is 11.0. The van der Waals surface area contributed by atoms with Crippen LogP contribution >= 0.6 is 11.6 Å². The van der Waals surface area contributed by atoms with Gasteiger partial charge < -0.3 is 9.53 Å². The van der Waals surface area contributed by atoms with Crippen molar-refractivity contribution in [2.45, 2.75) is 47.0 Å². The van der Waals surface area contributed by atoms with Gasteiger partial charge in [0.05, 0.1) is 6.61 Å². The van der Waals surface area contributed by atoms with Crippen molar-refractivity contribution in [1.82, 2.24) is 0 Å². The topological polar surface area (TPSA) is 26.3 Å². The van der Waals surface area contributed by atoms with Crippen LogP contribution in [0.5, 0.6) is 5.75 Å². The zero-order valence-electron chi connectivity index (χ0n) is 11.6. The zero-order valence-corrected chi connectivity index (χ0v) is 12.4. The summed E-state index contributed by atoms with van der Waals surface area (Å²) >= 11 is 6.27. The monoisotopic (exact) mass is 268 g/mol. The van der Waals surface area contributed by atoms with Gasteiger partial charge in [-0.1, -0.05) is 11.6 Å².